The highest BCUT2D eigenvalue weighted by Crippen LogP contribution is 2.22. The minimum absolute atomic E-state index is 0.946. The molecule has 0 aliphatic rings. The predicted molar refractivity (Wildman–Crippen MR) is 73.0 cm³/mol. The van der Waals surface area contributed by atoms with Crippen molar-refractivity contribution in [3.8, 4) is 11.3 Å². The average Bonchev–Trinajstić information content (AvgIpc) is 2.85. The molecular weight excluding hydrogens is 208 g/mol. The zero-order chi connectivity index (χ0) is 12.1. The van der Waals surface area contributed by atoms with Crippen molar-refractivity contribution in [2.24, 2.45) is 0 Å². The van der Waals surface area contributed by atoms with Crippen molar-refractivity contribution in [1.82, 2.24) is 10.3 Å². The molecule has 2 heteroatoms. The van der Waals surface area contributed by atoms with Gasteiger partial charge in [0.15, 0.2) is 0 Å². The maximum atomic E-state index is 3.43. The van der Waals surface area contributed by atoms with Crippen LogP contribution in [0.1, 0.15) is 24.5 Å². The summed E-state index contributed by atoms with van der Waals surface area (Å²) >= 11 is 0. The molecule has 0 unspecified atom stereocenters. The summed E-state index contributed by atoms with van der Waals surface area (Å²) in [6.07, 6.45) is 3.14. The van der Waals surface area contributed by atoms with Crippen LogP contribution in [0.3, 0.4) is 0 Å². The molecule has 2 rings (SSSR count). The van der Waals surface area contributed by atoms with Crippen LogP contribution >= 0.6 is 0 Å². The van der Waals surface area contributed by atoms with E-state index in [1.807, 2.05) is 12.3 Å². The highest BCUT2D eigenvalue weighted by atomic mass is 14.8. The van der Waals surface area contributed by atoms with Gasteiger partial charge in [-0.2, -0.15) is 0 Å². The van der Waals surface area contributed by atoms with Crippen molar-refractivity contribution in [2.75, 3.05) is 6.54 Å². The molecule has 2 aromatic rings. The van der Waals surface area contributed by atoms with Crippen molar-refractivity contribution in [2.45, 2.75) is 26.8 Å². The molecule has 1 aromatic carbocycles. The molecule has 90 valence electrons. The molecule has 0 bridgehead atoms. The summed E-state index contributed by atoms with van der Waals surface area (Å²) in [5.74, 6) is 0. The lowest BCUT2D eigenvalue weighted by Gasteiger charge is -2.08. The summed E-state index contributed by atoms with van der Waals surface area (Å²) < 4.78 is 0. The lowest BCUT2D eigenvalue weighted by molar-refractivity contribution is 0.675. The third-order valence-corrected chi connectivity index (χ3v) is 2.95. The summed E-state index contributed by atoms with van der Waals surface area (Å²) in [5, 5.41) is 3.43. The first-order chi connectivity index (χ1) is 8.31. The maximum absolute atomic E-state index is 3.43. The molecular formula is C15H20N2. The van der Waals surface area contributed by atoms with Gasteiger partial charge in [0, 0.05) is 24.0 Å². The molecule has 0 spiro atoms. The second-order valence-electron chi connectivity index (χ2n) is 4.41. The Hall–Kier alpha value is -1.54. The average molecular weight is 228 g/mol. The number of rotatable bonds is 5. The Morgan fingerprint density at radius 1 is 1.24 bits per heavy atom. The van der Waals surface area contributed by atoms with Crippen LogP contribution in [0.5, 0.6) is 0 Å². The molecule has 17 heavy (non-hydrogen) atoms. The van der Waals surface area contributed by atoms with Gasteiger partial charge in [-0.05, 0) is 49.2 Å². The number of aromatic amines is 1. The van der Waals surface area contributed by atoms with Gasteiger partial charge >= 0.3 is 0 Å². The fraction of sp³-hybridized carbons (Fsp3) is 0.333. The number of aromatic nitrogens is 1. The van der Waals surface area contributed by atoms with Crippen molar-refractivity contribution in [1.29, 1.82) is 0 Å². The molecule has 0 radical (unpaired) electrons. The van der Waals surface area contributed by atoms with E-state index in [1.165, 1.54) is 28.8 Å². The standard InChI is InChI=1S/C15H20N2/c1-3-8-16-11-13-7-6-12(2)14(10-13)15-5-4-9-17-15/h4-7,9-10,16-17H,3,8,11H2,1-2H3. The van der Waals surface area contributed by atoms with E-state index >= 15 is 0 Å². The van der Waals surface area contributed by atoms with Crippen LogP contribution in [0.2, 0.25) is 0 Å². The van der Waals surface area contributed by atoms with Gasteiger partial charge in [-0.15, -0.1) is 0 Å². The maximum Gasteiger partial charge on any atom is 0.0456 e. The fourth-order valence-electron chi connectivity index (χ4n) is 1.98. The smallest absolute Gasteiger partial charge is 0.0456 e. The Morgan fingerprint density at radius 2 is 2.12 bits per heavy atom. The predicted octanol–water partition coefficient (Wildman–Crippen LogP) is 3.49. The van der Waals surface area contributed by atoms with Gasteiger partial charge in [-0.3, -0.25) is 0 Å². The van der Waals surface area contributed by atoms with Gasteiger partial charge in [-0.25, -0.2) is 0 Å². The molecule has 0 amide bonds. The summed E-state index contributed by atoms with van der Waals surface area (Å²) in [5.41, 5.74) is 5.14. The first kappa shape index (κ1) is 11.9. The third-order valence-electron chi connectivity index (χ3n) is 2.95. The molecule has 0 saturated heterocycles. The lowest BCUT2D eigenvalue weighted by Crippen LogP contribution is -2.13. The Kier molecular flexibility index (Phi) is 3.99. The van der Waals surface area contributed by atoms with Crippen LogP contribution in [0.25, 0.3) is 11.3 Å². The van der Waals surface area contributed by atoms with E-state index in [4.69, 9.17) is 0 Å². The van der Waals surface area contributed by atoms with Crippen LogP contribution in [0.4, 0.5) is 0 Å². The number of nitrogens with one attached hydrogen (secondary N) is 2. The van der Waals surface area contributed by atoms with Crippen molar-refractivity contribution in [3.05, 3.63) is 47.7 Å². The first-order valence-corrected chi connectivity index (χ1v) is 6.25. The molecule has 0 atom stereocenters. The Balaban J connectivity index is 2.18. The van der Waals surface area contributed by atoms with Crippen LogP contribution in [0, 0.1) is 6.92 Å². The number of hydrogen-bond donors (Lipinski definition) is 2. The highest BCUT2D eigenvalue weighted by molar-refractivity contribution is 5.64. The largest absolute Gasteiger partial charge is 0.361 e. The van der Waals surface area contributed by atoms with Crippen molar-refractivity contribution < 1.29 is 0 Å². The molecule has 0 saturated carbocycles. The van der Waals surface area contributed by atoms with Gasteiger partial charge < -0.3 is 10.3 Å². The zero-order valence-corrected chi connectivity index (χ0v) is 10.6. The van der Waals surface area contributed by atoms with Crippen LogP contribution in [-0.2, 0) is 6.54 Å². The zero-order valence-electron chi connectivity index (χ0n) is 10.6. The Bertz CT molecular complexity index is 458. The number of H-pyrrole nitrogens is 1. The summed E-state index contributed by atoms with van der Waals surface area (Å²) in [6.45, 7) is 6.36. The Labute approximate surface area is 103 Å². The number of benzene rings is 1. The first-order valence-electron chi connectivity index (χ1n) is 6.25. The minimum Gasteiger partial charge on any atom is -0.361 e. The van der Waals surface area contributed by atoms with Gasteiger partial charge in [0.2, 0.25) is 0 Å². The van der Waals surface area contributed by atoms with Gasteiger partial charge in [-0.1, -0.05) is 19.1 Å². The van der Waals surface area contributed by atoms with E-state index in [0.717, 1.165) is 13.1 Å². The molecule has 0 fully saturated rings. The third kappa shape index (κ3) is 2.98. The second kappa shape index (κ2) is 5.69. The Morgan fingerprint density at radius 3 is 2.82 bits per heavy atom. The molecule has 1 heterocycles. The summed E-state index contributed by atoms with van der Waals surface area (Å²) in [6, 6.07) is 10.8. The van der Waals surface area contributed by atoms with Crippen molar-refractivity contribution >= 4 is 0 Å². The molecule has 1 aromatic heterocycles. The minimum atomic E-state index is 0.946. The van der Waals surface area contributed by atoms with Crippen LogP contribution in [0.15, 0.2) is 36.5 Å². The summed E-state index contributed by atoms with van der Waals surface area (Å²) in [4.78, 5) is 3.27. The van der Waals surface area contributed by atoms with E-state index in [0.29, 0.717) is 0 Å². The van der Waals surface area contributed by atoms with E-state index in [-0.39, 0.29) is 0 Å². The summed E-state index contributed by atoms with van der Waals surface area (Å²) in [7, 11) is 0. The number of hydrogen-bond acceptors (Lipinski definition) is 1. The highest BCUT2D eigenvalue weighted by Gasteiger charge is 2.03. The quantitative estimate of drug-likeness (QED) is 0.753. The lowest BCUT2D eigenvalue weighted by atomic mass is 10.0. The SMILES string of the molecule is CCCNCc1ccc(C)c(-c2ccc[nH]2)c1. The molecule has 0 aliphatic heterocycles. The van der Waals surface area contributed by atoms with E-state index < -0.39 is 0 Å². The second-order valence-corrected chi connectivity index (χ2v) is 4.41. The molecule has 2 N–H and O–H groups in total. The van der Waals surface area contributed by atoms with Crippen LogP contribution < -0.4 is 5.32 Å². The fourth-order valence-corrected chi connectivity index (χ4v) is 1.98. The van der Waals surface area contributed by atoms with Crippen LogP contribution in [-0.4, -0.2) is 11.5 Å². The monoisotopic (exact) mass is 228 g/mol. The number of aryl methyl sites for hydroxylation is 1. The molecule has 2 nitrogen and oxygen atoms in total. The van der Waals surface area contributed by atoms with Crippen molar-refractivity contribution in [3.63, 3.8) is 0 Å². The van der Waals surface area contributed by atoms with E-state index in [1.54, 1.807) is 0 Å². The van der Waals surface area contributed by atoms with Gasteiger partial charge in [0.25, 0.3) is 0 Å². The van der Waals surface area contributed by atoms with Gasteiger partial charge in [0.05, 0.1) is 0 Å². The van der Waals surface area contributed by atoms with E-state index in [2.05, 4.69) is 48.4 Å². The van der Waals surface area contributed by atoms with Gasteiger partial charge in [0.1, 0.15) is 0 Å². The molecule has 0 aliphatic carbocycles. The normalized spacial score (nSPS) is 10.7. The topological polar surface area (TPSA) is 27.8 Å². The van der Waals surface area contributed by atoms with E-state index in [9.17, 15) is 0 Å².